The van der Waals surface area contributed by atoms with Gasteiger partial charge in [-0.1, -0.05) is 54.6 Å². The molecule has 3 aromatic carbocycles. The zero-order valence-corrected chi connectivity index (χ0v) is 18.6. The SMILES string of the molecule is COc1ccccc1[C@H]1CC(c2ccc(F)cc2)=NN1C(=O)CN1CCc2ccccc2C1. The molecule has 0 spiro atoms. The van der Waals surface area contributed by atoms with Gasteiger partial charge < -0.3 is 4.74 Å². The molecule has 0 saturated carbocycles. The first-order valence-electron chi connectivity index (χ1n) is 11.2. The summed E-state index contributed by atoms with van der Waals surface area (Å²) in [5, 5.41) is 6.32. The van der Waals surface area contributed by atoms with Crippen LogP contribution in [0.3, 0.4) is 0 Å². The summed E-state index contributed by atoms with van der Waals surface area (Å²) < 4.78 is 19.0. The number of carbonyl (C=O) groups is 1. The van der Waals surface area contributed by atoms with Crippen molar-refractivity contribution in [3.05, 3.63) is 101 Å². The van der Waals surface area contributed by atoms with E-state index < -0.39 is 0 Å². The molecular formula is C27H26FN3O2. The van der Waals surface area contributed by atoms with Crippen LogP contribution in [0.4, 0.5) is 4.39 Å². The molecule has 2 aliphatic heterocycles. The van der Waals surface area contributed by atoms with Gasteiger partial charge in [0.1, 0.15) is 11.6 Å². The van der Waals surface area contributed by atoms with Crippen LogP contribution in [0.1, 0.15) is 34.7 Å². The average molecular weight is 444 g/mol. The smallest absolute Gasteiger partial charge is 0.257 e. The van der Waals surface area contributed by atoms with Crippen LogP contribution >= 0.6 is 0 Å². The summed E-state index contributed by atoms with van der Waals surface area (Å²) in [5.41, 5.74) is 5.13. The number of para-hydroxylation sites is 1. The minimum Gasteiger partial charge on any atom is -0.496 e. The second-order valence-corrected chi connectivity index (χ2v) is 8.48. The molecule has 33 heavy (non-hydrogen) atoms. The highest BCUT2D eigenvalue weighted by Crippen LogP contribution is 2.37. The van der Waals surface area contributed by atoms with Crippen LogP contribution in [-0.2, 0) is 17.8 Å². The van der Waals surface area contributed by atoms with Crippen molar-refractivity contribution in [3.63, 3.8) is 0 Å². The normalized spacial score (nSPS) is 18.1. The third kappa shape index (κ3) is 4.39. The molecule has 0 saturated heterocycles. The molecule has 0 fully saturated rings. The largest absolute Gasteiger partial charge is 0.496 e. The number of amides is 1. The lowest BCUT2D eigenvalue weighted by Crippen LogP contribution is -2.40. The number of fused-ring (bicyclic) bond motifs is 1. The Kier molecular flexibility index (Phi) is 5.92. The highest BCUT2D eigenvalue weighted by Gasteiger charge is 2.35. The van der Waals surface area contributed by atoms with E-state index in [0.29, 0.717) is 13.0 Å². The van der Waals surface area contributed by atoms with Gasteiger partial charge in [-0.15, -0.1) is 0 Å². The zero-order valence-electron chi connectivity index (χ0n) is 18.6. The van der Waals surface area contributed by atoms with Crippen LogP contribution in [0.15, 0.2) is 77.9 Å². The maximum atomic E-state index is 13.5. The Balaban J connectivity index is 1.42. The predicted octanol–water partition coefficient (Wildman–Crippen LogP) is 4.57. The highest BCUT2D eigenvalue weighted by molar-refractivity contribution is 6.03. The summed E-state index contributed by atoms with van der Waals surface area (Å²) in [5.74, 6) is 0.377. The number of carbonyl (C=O) groups excluding carboxylic acids is 1. The standard InChI is InChI=1S/C27H26FN3O2/c1-33-26-9-5-4-8-23(26)25-16-24(20-10-12-22(28)13-11-20)29-31(25)27(32)18-30-15-14-19-6-2-3-7-21(19)17-30/h2-13,25H,14-18H2,1H3/t25-/m1/s1. The fourth-order valence-corrected chi connectivity index (χ4v) is 4.69. The highest BCUT2D eigenvalue weighted by atomic mass is 19.1. The Labute approximate surface area is 193 Å². The summed E-state index contributed by atoms with van der Waals surface area (Å²) in [6.45, 7) is 1.88. The first kappa shape index (κ1) is 21.3. The van der Waals surface area contributed by atoms with Crippen LogP contribution in [0.5, 0.6) is 5.75 Å². The fourth-order valence-electron chi connectivity index (χ4n) is 4.69. The summed E-state index contributed by atoms with van der Waals surface area (Å²) in [7, 11) is 1.63. The van der Waals surface area contributed by atoms with Gasteiger partial charge in [0.2, 0.25) is 0 Å². The second-order valence-electron chi connectivity index (χ2n) is 8.48. The molecule has 0 N–H and O–H groups in total. The zero-order chi connectivity index (χ0) is 22.8. The van der Waals surface area contributed by atoms with Gasteiger partial charge in [0.05, 0.1) is 25.4 Å². The molecule has 2 heterocycles. The van der Waals surface area contributed by atoms with Crippen LogP contribution in [0, 0.1) is 5.82 Å². The molecule has 1 atom stereocenters. The van der Waals surface area contributed by atoms with Gasteiger partial charge in [-0.25, -0.2) is 9.40 Å². The Hall–Kier alpha value is -3.51. The lowest BCUT2D eigenvalue weighted by molar-refractivity contribution is -0.134. The Morgan fingerprint density at radius 2 is 1.76 bits per heavy atom. The van der Waals surface area contributed by atoms with Crippen molar-refractivity contribution in [2.24, 2.45) is 5.10 Å². The Bertz CT molecular complexity index is 1190. The van der Waals surface area contributed by atoms with E-state index in [1.807, 2.05) is 30.3 Å². The lowest BCUT2D eigenvalue weighted by atomic mass is 9.97. The summed E-state index contributed by atoms with van der Waals surface area (Å²) in [6, 6.07) is 22.1. The molecule has 5 rings (SSSR count). The van der Waals surface area contributed by atoms with Crippen molar-refractivity contribution < 1.29 is 13.9 Å². The van der Waals surface area contributed by atoms with Crippen molar-refractivity contribution in [2.75, 3.05) is 20.2 Å². The molecule has 3 aromatic rings. The van der Waals surface area contributed by atoms with Gasteiger partial charge in [-0.05, 0) is 41.3 Å². The van der Waals surface area contributed by atoms with Crippen molar-refractivity contribution >= 4 is 11.6 Å². The summed E-state index contributed by atoms with van der Waals surface area (Å²) >= 11 is 0. The number of nitrogens with zero attached hydrogens (tertiary/aromatic N) is 3. The van der Waals surface area contributed by atoms with E-state index in [0.717, 1.165) is 42.1 Å². The molecule has 0 aromatic heterocycles. The van der Waals surface area contributed by atoms with Gasteiger partial charge in [0.25, 0.3) is 5.91 Å². The maximum absolute atomic E-state index is 13.5. The fraction of sp³-hybridized carbons (Fsp3) is 0.259. The number of hydrogen-bond acceptors (Lipinski definition) is 4. The first-order valence-corrected chi connectivity index (χ1v) is 11.2. The van der Waals surface area contributed by atoms with E-state index in [2.05, 4.69) is 23.1 Å². The maximum Gasteiger partial charge on any atom is 0.257 e. The van der Waals surface area contributed by atoms with Crippen LogP contribution in [0.2, 0.25) is 0 Å². The van der Waals surface area contributed by atoms with Crippen molar-refractivity contribution in [1.82, 2.24) is 9.91 Å². The molecule has 168 valence electrons. The molecule has 1 amide bonds. The molecule has 0 bridgehead atoms. The number of halogens is 1. The molecule has 0 unspecified atom stereocenters. The van der Waals surface area contributed by atoms with Gasteiger partial charge in [-0.3, -0.25) is 9.69 Å². The van der Waals surface area contributed by atoms with E-state index in [9.17, 15) is 9.18 Å². The van der Waals surface area contributed by atoms with Gasteiger partial charge in [0.15, 0.2) is 0 Å². The van der Waals surface area contributed by atoms with E-state index >= 15 is 0 Å². The quantitative estimate of drug-likeness (QED) is 0.580. The summed E-state index contributed by atoms with van der Waals surface area (Å²) in [4.78, 5) is 15.7. The topological polar surface area (TPSA) is 45.1 Å². The molecule has 0 aliphatic carbocycles. The minimum absolute atomic E-state index is 0.0533. The second kappa shape index (κ2) is 9.16. The molecule has 0 radical (unpaired) electrons. The number of benzene rings is 3. The van der Waals surface area contributed by atoms with Gasteiger partial charge >= 0.3 is 0 Å². The minimum atomic E-state index is -0.295. The van der Waals surface area contributed by atoms with Crippen LogP contribution in [0.25, 0.3) is 0 Å². The number of ether oxygens (including phenoxy) is 1. The van der Waals surface area contributed by atoms with Crippen molar-refractivity contribution in [1.29, 1.82) is 0 Å². The molecule has 6 heteroatoms. The molecule has 5 nitrogen and oxygen atoms in total. The third-order valence-corrected chi connectivity index (χ3v) is 6.41. The number of hydrogen-bond donors (Lipinski definition) is 0. The van der Waals surface area contributed by atoms with E-state index in [1.165, 1.54) is 23.3 Å². The van der Waals surface area contributed by atoms with Gasteiger partial charge in [0, 0.05) is 25.1 Å². The average Bonchev–Trinajstić information content (AvgIpc) is 3.30. The lowest BCUT2D eigenvalue weighted by Gasteiger charge is -2.30. The summed E-state index contributed by atoms with van der Waals surface area (Å²) in [6.07, 6.45) is 1.48. The number of methoxy groups -OCH3 is 1. The van der Waals surface area contributed by atoms with Crippen LogP contribution < -0.4 is 4.74 Å². The Morgan fingerprint density at radius 1 is 1.03 bits per heavy atom. The number of hydrazone groups is 1. The molecular weight excluding hydrogens is 417 g/mol. The van der Waals surface area contributed by atoms with Crippen molar-refractivity contribution in [2.45, 2.75) is 25.4 Å². The van der Waals surface area contributed by atoms with E-state index in [1.54, 1.807) is 24.3 Å². The van der Waals surface area contributed by atoms with Crippen LogP contribution in [-0.4, -0.2) is 41.7 Å². The van der Waals surface area contributed by atoms with E-state index in [-0.39, 0.29) is 17.8 Å². The number of rotatable bonds is 5. The third-order valence-electron chi connectivity index (χ3n) is 6.41. The van der Waals surface area contributed by atoms with Crippen molar-refractivity contribution in [3.8, 4) is 5.75 Å². The van der Waals surface area contributed by atoms with Gasteiger partial charge in [-0.2, -0.15) is 5.10 Å². The predicted molar refractivity (Wildman–Crippen MR) is 126 cm³/mol. The first-order chi connectivity index (χ1) is 16.1. The molecule has 2 aliphatic rings. The monoisotopic (exact) mass is 443 g/mol. The Morgan fingerprint density at radius 3 is 2.55 bits per heavy atom. The van der Waals surface area contributed by atoms with E-state index in [4.69, 9.17) is 9.84 Å².